The molecule has 1 aromatic rings. The summed E-state index contributed by atoms with van der Waals surface area (Å²) in [5.41, 5.74) is 1.24. The largest absolute Gasteiger partial charge is 0.490 e. The van der Waals surface area contributed by atoms with E-state index < -0.39 is 0 Å². The number of rotatable bonds is 6. The van der Waals surface area contributed by atoms with Crippen molar-refractivity contribution in [3.63, 3.8) is 0 Å². The molecule has 0 saturated carbocycles. The third-order valence-corrected chi connectivity index (χ3v) is 4.14. The second kappa shape index (κ2) is 5.91. The van der Waals surface area contributed by atoms with Crippen LogP contribution in [0.3, 0.4) is 0 Å². The number of nitrogens with one attached hydrogen (secondary N) is 1. The van der Waals surface area contributed by atoms with Crippen molar-refractivity contribution in [1.82, 2.24) is 5.32 Å². The topological polar surface area (TPSA) is 21.3 Å². The highest BCUT2D eigenvalue weighted by molar-refractivity contribution is 5.37. The molecule has 0 aromatic heterocycles. The van der Waals surface area contributed by atoms with Gasteiger partial charge in [0.1, 0.15) is 17.7 Å². The van der Waals surface area contributed by atoms with E-state index in [1.165, 1.54) is 6.07 Å². The molecule has 1 aliphatic heterocycles. The molecule has 0 bridgehead atoms. The van der Waals surface area contributed by atoms with Crippen molar-refractivity contribution in [3.05, 3.63) is 29.6 Å². The Kier molecular flexibility index (Phi) is 4.46. The monoisotopic (exact) mass is 265 g/mol. The highest BCUT2D eigenvalue weighted by atomic mass is 19.1. The van der Waals surface area contributed by atoms with E-state index in [-0.39, 0.29) is 17.3 Å². The number of ether oxygens (including phenoxy) is 1. The van der Waals surface area contributed by atoms with Gasteiger partial charge in [-0.25, -0.2) is 4.39 Å². The molecule has 1 aromatic carbocycles. The Morgan fingerprint density at radius 1 is 1.42 bits per heavy atom. The van der Waals surface area contributed by atoms with Crippen LogP contribution in [-0.2, 0) is 6.42 Å². The van der Waals surface area contributed by atoms with Crippen molar-refractivity contribution in [1.29, 1.82) is 0 Å². The minimum Gasteiger partial charge on any atom is -0.490 e. The molecule has 2 nitrogen and oxygen atoms in total. The number of hydrogen-bond donors (Lipinski definition) is 1. The van der Waals surface area contributed by atoms with Crippen molar-refractivity contribution >= 4 is 0 Å². The van der Waals surface area contributed by atoms with Crippen LogP contribution in [-0.4, -0.2) is 19.2 Å². The summed E-state index contributed by atoms with van der Waals surface area (Å²) in [4.78, 5) is 0. The third-order valence-electron chi connectivity index (χ3n) is 4.14. The standard InChI is InChI=1S/C16H24FNO/c1-4-16(3,11-18-5-2)10-14-9-12-8-13(17)6-7-15(12)19-14/h6-8,14,18H,4-5,9-11H2,1-3H3. The SMILES string of the molecule is CCNCC(C)(CC)CC1Cc2cc(F)ccc2O1. The third kappa shape index (κ3) is 3.47. The molecule has 2 unspecified atom stereocenters. The molecule has 106 valence electrons. The first kappa shape index (κ1) is 14.3. The molecule has 1 N–H and O–H groups in total. The Hall–Kier alpha value is -1.09. The predicted octanol–water partition coefficient (Wildman–Crippen LogP) is 3.55. The average Bonchev–Trinajstić information content (AvgIpc) is 2.77. The summed E-state index contributed by atoms with van der Waals surface area (Å²) in [7, 11) is 0. The summed E-state index contributed by atoms with van der Waals surface area (Å²) < 4.78 is 19.1. The van der Waals surface area contributed by atoms with E-state index >= 15 is 0 Å². The molecule has 1 heterocycles. The maximum absolute atomic E-state index is 13.2. The van der Waals surface area contributed by atoms with Crippen molar-refractivity contribution in [2.24, 2.45) is 5.41 Å². The molecule has 0 aliphatic carbocycles. The van der Waals surface area contributed by atoms with Crippen LogP contribution in [0.15, 0.2) is 18.2 Å². The van der Waals surface area contributed by atoms with E-state index in [4.69, 9.17) is 4.74 Å². The first-order valence-corrected chi connectivity index (χ1v) is 7.22. The zero-order valence-corrected chi connectivity index (χ0v) is 12.1. The van der Waals surface area contributed by atoms with E-state index in [1.54, 1.807) is 12.1 Å². The van der Waals surface area contributed by atoms with Gasteiger partial charge in [0.25, 0.3) is 0 Å². The zero-order chi connectivity index (χ0) is 13.9. The van der Waals surface area contributed by atoms with E-state index in [0.717, 1.165) is 43.7 Å². The van der Waals surface area contributed by atoms with Gasteiger partial charge in [-0.3, -0.25) is 0 Å². The fraction of sp³-hybridized carbons (Fsp3) is 0.625. The second-order valence-corrected chi connectivity index (χ2v) is 5.84. The first-order chi connectivity index (χ1) is 9.06. The minimum absolute atomic E-state index is 0.172. The second-order valence-electron chi connectivity index (χ2n) is 5.84. The van der Waals surface area contributed by atoms with Gasteiger partial charge in [-0.2, -0.15) is 0 Å². The Balaban J connectivity index is 1.98. The van der Waals surface area contributed by atoms with E-state index in [2.05, 4.69) is 26.1 Å². The lowest BCUT2D eigenvalue weighted by atomic mass is 9.81. The van der Waals surface area contributed by atoms with Crippen molar-refractivity contribution in [3.8, 4) is 5.75 Å². The Morgan fingerprint density at radius 2 is 2.21 bits per heavy atom. The molecule has 3 heteroatoms. The maximum Gasteiger partial charge on any atom is 0.123 e. The van der Waals surface area contributed by atoms with Crippen LogP contribution in [0.5, 0.6) is 5.75 Å². The molecule has 0 radical (unpaired) electrons. The summed E-state index contributed by atoms with van der Waals surface area (Å²) in [6.07, 6.45) is 3.13. The van der Waals surface area contributed by atoms with Gasteiger partial charge in [-0.1, -0.05) is 20.8 Å². The van der Waals surface area contributed by atoms with Gasteiger partial charge >= 0.3 is 0 Å². The van der Waals surface area contributed by atoms with E-state index in [1.807, 2.05) is 0 Å². The molecule has 2 rings (SSSR count). The predicted molar refractivity (Wildman–Crippen MR) is 76.1 cm³/mol. The normalized spacial score (nSPS) is 20.7. The van der Waals surface area contributed by atoms with Crippen molar-refractivity contribution in [2.45, 2.75) is 46.1 Å². The van der Waals surface area contributed by atoms with Gasteiger partial charge in [0.05, 0.1) is 0 Å². The fourth-order valence-corrected chi connectivity index (χ4v) is 2.72. The van der Waals surface area contributed by atoms with Crippen LogP contribution in [0, 0.1) is 11.2 Å². The van der Waals surface area contributed by atoms with Crippen LogP contribution in [0.1, 0.15) is 39.2 Å². The average molecular weight is 265 g/mol. The van der Waals surface area contributed by atoms with Crippen LogP contribution >= 0.6 is 0 Å². The summed E-state index contributed by atoms with van der Waals surface area (Å²) in [6.45, 7) is 8.64. The molecule has 0 fully saturated rings. The van der Waals surface area contributed by atoms with Crippen LogP contribution in [0.2, 0.25) is 0 Å². The van der Waals surface area contributed by atoms with E-state index in [9.17, 15) is 4.39 Å². The smallest absolute Gasteiger partial charge is 0.123 e. The summed E-state index contributed by atoms with van der Waals surface area (Å²) in [6, 6.07) is 4.82. The van der Waals surface area contributed by atoms with Gasteiger partial charge < -0.3 is 10.1 Å². The molecule has 0 amide bonds. The number of benzene rings is 1. The molecule has 2 atom stereocenters. The highest BCUT2D eigenvalue weighted by Crippen LogP contribution is 2.36. The molecule has 19 heavy (non-hydrogen) atoms. The van der Waals surface area contributed by atoms with Crippen molar-refractivity contribution < 1.29 is 9.13 Å². The van der Waals surface area contributed by atoms with Crippen LogP contribution < -0.4 is 10.1 Å². The van der Waals surface area contributed by atoms with Gasteiger partial charge in [-0.05, 0) is 43.0 Å². The summed E-state index contributed by atoms with van der Waals surface area (Å²) in [5, 5.41) is 3.43. The van der Waals surface area contributed by atoms with Gasteiger partial charge in [-0.15, -0.1) is 0 Å². The molecule has 1 aliphatic rings. The zero-order valence-electron chi connectivity index (χ0n) is 12.1. The van der Waals surface area contributed by atoms with Gasteiger partial charge in [0, 0.05) is 18.5 Å². The van der Waals surface area contributed by atoms with Gasteiger partial charge in [0.2, 0.25) is 0 Å². The lowest BCUT2D eigenvalue weighted by Gasteiger charge is -2.31. The Labute approximate surface area is 115 Å². The summed E-state index contributed by atoms with van der Waals surface area (Å²) in [5.74, 6) is 0.683. The molecule has 0 spiro atoms. The van der Waals surface area contributed by atoms with Crippen LogP contribution in [0.25, 0.3) is 0 Å². The molecule has 0 saturated heterocycles. The quantitative estimate of drug-likeness (QED) is 0.849. The van der Waals surface area contributed by atoms with Crippen molar-refractivity contribution in [2.75, 3.05) is 13.1 Å². The van der Waals surface area contributed by atoms with E-state index in [0.29, 0.717) is 0 Å². The lowest BCUT2D eigenvalue weighted by molar-refractivity contribution is 0.140. The lowest BCUT2D eigenvalue weighted by Crippen LogP contribution is -2.35. The summed E-state index contributed by atoms with van der Waals surface area (Å²) >= 11 is 0. The Bertz CT molecular complexity index is 435. The number of fused-ring (bicyclic) bond motifs is 1. The first-order valence-electron chi connectivity index (χ1n) is 7.22. The maximum atomic E-state index is 13.2. The number of hydrogen-bond acceptors (Lipinski definition) is 2. The highest BCUT2D eigenvalue weighted by Gasteiger charge is 2.31. The van der Waals surface area contributed by atoms with Gasteiger partial charge in [0.15, 0.2) is 0 Å². The fourth-order valence-electron chi connectivity index (χ4n) is 2.72. The number of halogens is 1. The molecular formula is C16H24FNO. The minimum atomic E-state index is -0.172. The Morgan fingerprint density at radius 3 is 2.89 bits per heavy atom. The van der Waals surface area contributed by atoms with Crippen LogP contribution in [0.4, 0.5) is 4.39 Å². The molecular weight excluding hydrogens is 241 g/mol.